The molecule has 0 aliphatic rings. The molecule has 1 heterocycles. The average Bonchev–Trinajstić information content (AvgIpc) is 3.05. The van der Waals surface area contributed by atoms with E-state index in [9.17, 15) is 17.6 Å². The number of nitrogens with one attached hydrogen (secondary N) is 2. The van der Waals surface area contributed by atoms with Gasteiger partial charge in [0.05, 0.1) is 4.90 Å². The summed E-state index contributed by atoms with van der Waals surface area (Å²) < 4.78 is 43.8. The number of imidazole rings is 1. The monoisotopic (exact) mass is 402 g/mol. The zero-order chi connectivity index (χ0) is 20.3. The molecule has 0 fully saturated rings. The maximum absolute atomic E-state index is 13.7. The van der Waals surface area contributed by atoms with Crippen molar-refractivity contribution in [2.75, 3.05) is 5.32 Å². The number of carbonyl (C=O) groups is 1. The van der Waals surface area contributed by atoms with Gasteiger partial charge < -0.3 is 9.88 Å². The fourth-order valence-corrected chi connectivity index (χ4v) is 3.94. The third kappa shape index (κ3) is 4.44. The first kappa shape index (κ1) is 19.7. The summed E-state index contributed by atoms with van der Waals surface area (Å²) in [5.41, 5.74) is 0.907. The normalized spacial score (nSPS) is 12.5. The standard InChI is InChI=1S/C19H19FN4O3S/c1-13(25)22-16-6-8-17(9-7-16)28(26,27)23-18(19-21-10-11-24(19)2)14-4-3-5-15(20)12-14/h3-12,18,23H,1-2H3,(H,22,25). The van der Waals surface area contributed by atoms with Crippen molar-refractivity contribution in [2.45, 2.75) is 17.9 Å². The quantitative estimate of drug-likeness (QED) is 0.663. The van der Waals surface area contributed by atoms with Crippen LogP contribution in [0.25, 0.3) is 0 Å². The number of hydrogen-bond donors (Lipinski definition) is 2. The van der Waals surface area contributed by atoms with Crippen LogP contribution in [0.4, 0.5) is 10.1 Å². The van der Waals surface area contributed by atoms with Crippen molar-refractivity contribution in [3.63, 3.8) is 0 Å². The summed E-state index contributed by atoms with van der Waals surface area (Å²) in [5.74, 6) is -0.311. The third-order valence-electron chi connectivity index (χ3n) is 4.06. The molecule has 0 saturated heterocycles. The molecular weight excluding hydrogens is 383 g/mol. The van der Waals surface area contributed by atoms with Crippen molar-refractivity contribution in [2.24, 2.45) is 7.05 Å². The number of hydrogen-bond acceptors (Lipinski definition) is 4. The molecular formula is C19H19FN4O3S. The van der Waals surface area contributed by atoms with Crippen LogP contribution in [0.15, 0.2) is 65.8 Å². The van der Waals surface area contributed by atoms with Crippen molar-refractivity contribution in [1.29, 1.82) is 0 Å². The Morgan fingerprint density at radius 3 is 2.46 bits per heavy atom. The molecule has 9 heteroatoms. The predicted octanol–water partition coefficient (Wildman–Crippen LogP) is 2.59. The van der Waals surface area contributed by atoms with Gasteiger partial charge in [0, 0.05) is 32.1 Å². The van der Waals surface area contributed by atoms with Crippen LogP contribution in [0.5, 0.6) is 0 Å². The zero-order valence-corrected chi connectivity index (χ0v) is 16.1. The number of anilines is 1. The molecule has 0 saturated carbocycles. The summed E-state index contributed by atoms with van der Waals surface area (Å²) in [6.07, 6.45) is 3.22. The molecule has 1 atom stereocenters. The number of aryl methyl sites for hydroxylation is 1. The smallest absolute Gasteiger partial charge is 0.241 e. The second-order valence-corrected chi connectivity index (χ2v) is 7.93. The van der Waals surface area contributed by atoms with Gasteiger partial charge >= 0.3 is 0 Å². The lowest BCUT2D eigenvalue weighted by Gasteiger charge is -2.19. The van der Waals surface area contributed by atoms with E-state index in [1.807, 2.05) is 0 Å². The van der Waals surface area contributed by atoms with Crippen LogP contribution in [0.3, 0.4) is 0 Å². The molecule has 7 nitrogen and oxygen atoms in total. The molecule has 1 unspecified atom stereocenters. The molecule has 2 aromatic carbocycles. The summed E-state index contributed by atoms with van der Waals surface area (Å²) in [7, 11) is -2.22. The first-order valence-electron chi connectivity index (χ1n) is 8.39. The summed E-state index contributed by atoms with van der Waals surface area (Å²) in [6, 6.07) is 10.6. The van der Waals surface area contributed by atoms with E-state index in [1.54, 1.807) is 23.9 Å². The minimum absolute atomic E-state index is 0.0113. The van der Waals surface area contributed by atoms with Gasteiger partial charge in [0.1, 0.15) is 17.7 Å². The SMILES string of the molecule is CC(=O)Nc1ccc(S(=O)(=O)NC(c2cccc(F)c2)c2nccn2C)cc1. The Labute approximate surface area is 162 Å². The minimum atomic E-state index is -3.95. The molecule has 146 valence electrons. The Morgan fingerprint density at radius 2 is 1.89 bits per heavy atom. The number of halogens is 1. The average molecular weight is 402 g/mol. The fourth-order valence-electron chi connectivity index (χ4n) is 2.76. The van der Waals surface area contributed by atoms with Crippen molar-refractivity contribution in [1.82, 2.24) is 14.3 Å². The maximum Gasteiger partial charge on any atom is 0.241 e. The van der Waals surface area contributed by atoms with Crippen LogP contribution < -0.4 is 10.0 Å². The lowest BCUT2D eigenvalue weighted by atomic mass is 10.1. The summed E-state index contributed by atoms with van der Waals surface area (Å²) in [4.78, 5) is 15.3. The molecule has 0 radical (unpaired) electrons. The Balaban J connectivity index is 1.95. The zero-order valence-electron chi connectivity index (χ0n) is 15.3. The number of amides is 1. The number of benzene rings is 2. The first-order valence-corrected chi connectivity index (χ1v) is 9.87. The molecule has 3 aromatic rings. The Morgan fingerprint density at radius 1 is 1.18 bits per heavy atom. The van der Waals surface area contributed by atoms with Gasteiger partial charge in [-0.25, -0.2) is 17.8 Å². The van der Waals surface area contributed by atoms with Crippen LogP contribution in [0.1, 0.15) is 24.4 Å². The van der Waals surface area contributed by atoms with E-state index >= 15 is 0 Å². The number of aromatic nitrogens is 2. The minimum Gasteiger partial charge on any atom is -0.336 e. The number of sulfonamides is 1. The third-order valence-corrected chi connectivity index (χ3v) is 5.50. The van der Waals surface area contributed by atoms with Gasteiger partial charge in [0.2, 0.25) is 15.9 Å². The van der Waals surface area contributed by atoms with Crippen molar-refractivity contribution in [3.8, 4) is 0 Å². The number of carbonyl (C=O) groups excluding carboxylic acids is 1. The van der Waals surface area contributed by atoms with Gasteiger partial charge in [0.15, 0.2) is 0 Å². The Kier molecular flexibility index (Phi) is 5.57. The molecule has 2 N–H and O–H groups in total. The van der Waals surface area contributed by atoms with Crippen LogP contribution in [0.2, 0.25) is 0 Å². The summed E-state index contributed by atoms with van der Waals surface area (Å²) in [5, 5.41) is 2.58. The molecule has 0 aliphatic heterocycles. The fraction of sp³-hybridized carbons (Fsp3) is 0.158. The lowest BCUT2D eigenvalue weighted by Crippen LogP contribution is -2.31. The highest BCUT2D eigenvalue weighted by Crippen LogP contribution is 2.24. The van der Waals surface area contributed by atoms with Crippen LogP contribution in [0, 0.1) is 5.82 Å². The van der Waals surface area contributed by atoms with Crippen molar-refractivity contribution >= 4 is 21.6 Å². The van der Waals surface area contributed by atoms with E-state index in [0.717, 1.165) is 0 Å². The Bertz CT molecular complexity index is 1090. The van der Waals surface area contributed by atoms with E-state index < -0.39 is 21.9 Å². The number of nitrogens with zero attached hydrogens (tertiary/aromatic N) is 2. The van der Waals surface area contributed by atoms with E-state index in [-0.39, 0.29) is 10.8 Å². The molecule has 3 rings (SSSR count). The largest absolute Gasteiger partial charge is 0.336 e. The molecule has 0 spiro atoms. The summed E-state index contributed by atoms with van der Waals surface area (Å²) in [6.45, 7) is 1.36. The highest BCUT2D eigenvalue weighted by atomic mass is 32.2. The van der Waals surface area contributed by atoms with E-state index in [4.69, 9.17) is 0 Å². The van der Waals surface area contributed by atoms with E-state index in [0.29, 0.717) is 17.1 Å². The molecule has 0 bridgehead atoms. The van der Waals surface area contributed by atoms with Crippen molar-refractivity contribution in [3.05, 3.63) is 78.1 Å². The predicted molar refractivity (Wildman–Crippen MR) is 103 cm³/mol. The summed E-state index contributed by atoms with van der Waals surface area (Å²) >= 11 is 0. The van der Waals surface area contributed by atoms with Gasteiger partial charge in [-0.3, -0.25) is 4.79 Å². The van der Waals surface area contributed by atoms with E-state index in [2.05, 4.69) is 15.0 Å². The van der Waals surface area contributed by atoms with Crippen LogP contribution in [-0.4, -0.2) is 23.9 Å². The second kappa shape index (κ2) is 7.91. The molecule has 1 aromatic heterocycles. The maximum atomic E-state index is 13.7. The van der Waals surface area contributed by atoms with E-state index in [1.165, 1.54) is 55.6 Å². The highest BCUT2D eigenvalue weighted by molar-refractivity contribution is 7.89. The first-order chi connectivity index (χ1) is 13.3. The van der Waals surface area contributed by atoms with Gasteiger partial charge in [-0.2, -0.15) is 4.72 Å². The number of rotatable bonds is 6. The van der Waals surface area contributed by atoms with Gasteiger partial charge in [-0.15, -0.1) is 0 Å². The van der Waals surface area contributed by atoms with Gasteiger partial charge in [-0.1, -0.05) is 12.1 Å². The molecule has 0 aliphatic carbocycles. The molecule has 28 heavy (non-hydrogen) atoms. The molecule has 1 amide bonds. The lowest BCUT2D eigenvalue weighted by molar-refractivity contribution is -0.114. The van der Waals surface area contributed by atoms with Crippen molar-refractivity contribution < 1.29 is 17.6 Å². The Hall–Kier alpha value is -3.04. The van der Waals surface area contributed by atoms with Crippen LogP contribution >= 0.6 is 0 Å². The van der Waals surface area contributed by atoms with Gasteiger partial charge in [0.25, 0.3) is 0 Å². The highest BCUT2D eigenvalue weighted by Gasteiger charge is 2.26. The topological polar surface area (TPSA) is 93.1 Å². The van der Waals surface area contributed by atoms with Crippen LogP contribution in [-0.2, 0) is 21.9 Å². The second-order valence-electron chi connectivity index (χ2n) is 6.21. The van der Waals surface area contributed by atoms with Gasteiger partial charge in [-0.05, 0) is 42.0 Å².